The van der Waals surface area contributed by atoms with Crippen LogP contribution in [0.3, 0.4) is 0 Å². The predicted octanol–water partition coefficient (Wildman–Crippen LogP) is 4.51. The number of carboxylic acids is 1. The molecule has 0 atom stereocenters. The number of aliphatic carboxylic acids is 1. The Morgan fingerprint density at radius 2 is 1.82 bits per heavy atom. The van der Waals surface area contributed by atoms with Crippen LogP contribution in [0.4, 0.5) is 4.39 Å². The minimum Gasteiger partial charge on any atom is -0.489 e. The Bertz CT molecular complexity index is 1140. The fourth-order valence-electron chi connectivity index (χ4n) is 3.06. The molecule has 0 aliphatic carbocycles. The topological polar surface area (TPSA) is 64.3 Å². The van der Waals surface area contributed by atoms with Crippen LogP contribution in [-0.4, -0.2) is 20.6 Å². The molecule has 0 bridgehead atoms. The Balaban J connectivity index is 1.65. The van der Waals surface area contributed by atoms with Crippen LogP contribution in [0, 0.1) is 5.82 Å². The van der Waals surface area contributed by atoms with E-state index < -0.39 is 5.97 Å². The molecule has 1 heterocycles. The largest absolute Gasteiger partial charge is 0.489 e. The lowest BCUT2D eigenvalue weighted by molar-refractivity contribution is -0.137. The van der Waals surface area contributed by atoms with E-state index >= 15 is 0 Å². The number of nitrogens with zero attached hydrogens (tertiary/aromatic N) is 2. The van der Waals surface area contributed by atoms with Crippen molar-refractivity contribution in [1.29, 1.82) is 0 Å². The third kappa shape index (κ3) is 3.71. The maximum absolute atomic E-state index is 13.0. The van der Waals surface area contributed by atoms with E-state index in [2.05, 4.69) is 4.98 Å². The molecule has 0 spiro atoms. The van der Waals surface area contributed by atoms with Gasteiger partial charge >= 0.3 is 5.97 Å². The summed E-state index contributed by atoms with van der Waals surface area (Å²) in [5.41, 5.74) is 3.10. The quantitative estimate of drug-likeness (QED) is 0.538. The molecule has 6 heteroatoms. The number of imidazole rings is 1. The fraction of sp³-hybridized carbons (Fsp3) is 0.0909. The zero-order valence-corrected chi connectivity index (χ0v) is 14.9. The number of benzene rings is 3. The number of aromatic nitrogens is 2. The molecule has 0 aliphatic rings. The highest BCUT2D eigenvalue weighted by atomic mass is 19.1. The number of fused-ring (bicyclic) bond motifs is 1. The second-order valence-corrected chi connectivity index (χ2v) is 6.35. The summed E-state index contributed by atoms with van der Waals surface area (Å²) in [5.74, 6) is -0.0391. The zero-order valence-electron chi connectivity index (χ0n) is 14.9. The minimum absolute atomic E-state index is 0.184. The summed E-state index contributed by atoms with van der Waals surface area (Å²) < 4.78 is 20.5. The Labute approximate surface area is 160 Å². The number of hydrogen-bond acceptors (Lipinski definition) is 3. The number of hydrogen-bond donors (Lipinski definition) is 1. The predicted molar refractivity (Wildman–Crippen MR) is 104 cm³/mol. The number of para-hydroxylation sites is 2. The number of halogens is 1. The van der Waals surface area contributed by atoms with E-state index in [0.29, 0.717) is 18.2 Å². The van der Waals surface area contributed by atoms with E-state index in [4.69, 9.17) is 4.74 Å². The molecule has 0 fully saturated rings. The van der Waals surface area contributed by atoms with Crippen molar-refractivity contribution in [2.75, 3.05) is 0 Å². The van der Waals surface area contributed by atoms with E-state index in [-0.39, 0.29) is 12.4 Å². The third-order valence-corrected chi connectivity index (χ3v) is 4.36. The highest BCUT2D eigenvalue weighted by molar-refractivity contribution is 5.83. The molecule has 0 saturated heterocycles. The molecule has 0 radical (unpaired) electrons. The van der Waals surface area contributed by atoms with Crippen molar-refractivity contribution >= 4 is 17.0 Å². The maximum atomic E-state index is 13.0. The van der Waals surface area contributed by atoms with Gasteiger partial charge in [0, 0.05) is 5.56 Å². The van der Waals surface area contributed by atoms with Gasteiger partial charge in [-0.2, -0.15) is 0 Å². The van der Waals surface area contributed by atoms with Crippen molar-refractivity contribution in [1.82, 2.24) is 9.55 Å². The van der Waals surface area contributed by atoms with E-state index in [0.717, 1.165) is 22.2 Å². The van der Waals surface area contributed by atoms with Crippen LogP contribution in [0.25, 0.3) is 22.4 Å². The van der Waals surface area contributed by atoms with Crippen molar-refractivity contribution in [3.8, 4) is 17.1 Å². The van der Waals surface area contributed by atoms with Crippen LogP contribution in [-0.2, 0) is 17.9 Å². The molecule has 3 aromatic carbocycles. The molecule has 0 saturated carbocycles. The fourth-order valence-corrected chi connectivity index (χ4v) is 3.06. The van der Waals surface area contributed by atoms with Crippen LogP contribution >= 0.6 is 0 Å². The number of rotatable bonds is 6. The standard InChI is InChI=1S/C22H17FN2O3/c23-17-10-8-15(9-11-17)14-28-18-5-3-4-16(12-18)22-24-19-6-1-2-7-20(19)25(22)13-21(26)27/h1-12H,13-14H2,(H,26,27). The molecule has 140 valence electrons. The SMILES string of the molecule is O=C(O)Cn1c(-c2cccc(OCc3ccc(F)cc3)c2)nc2ccccc21. The zero-order chi connectivity index (χ0) is 19.5. The van der Waals surface area contributed by atoms with Gasteiger partial charge in [-0.25, -0.2) is 9.37 Å². The van der Waals surface area contributed by atoms with Crippen molar-refractivity contribution in [3.63, 3.8) is 0 Å². The Hall–Kier alpha value is -3.67. The van der Waals surface area contributed by atoms with Crippen molar-refractivity contribution in [2.45, 2.75) is 13.2 Å². The minimum atomic E-state index is -0.937. The second-order valence-electron chi connectivity index (χ2n) is 6.35. The highest BCUT2D eigenvalue weighted by Crippen LogP contribution is 2.27. The van der Waals surface area contributed by atoms with Crippen molar-refractivity contribution in [2.24, 2.45) is 0 Å². The van der Waals surface area contributed by atoms with Gasteiger partial charge in [-0.05, 0) is 42.0 Å². The van der Waals surface area contributed by atoms with Gasteiger partial charge in [0.15, 0.2) is 0 Å². The molecule has 4 aromatic rings. The van der Waals surface area contributed by atoms with Crippen LogP contribution in [0.5, 0.6) is 5.75 Å². The lowest BCUT2D eigenvalue weighted by atomic mass is 10.2. The summed E-state index contributed by atoms with van der Waals surface area (Å²) in [4.78, 5) is 16.0. The van der Waals surface area contributed by atoms with E-state index in [1.165, 1.54) is 12.1 Å². The summed E-state index contributed by atoms with van der Waals surface area (Å²) in [6.45, 7) is 0.117. The van der Waals surface area contributed by atoms with Gasteiger partial charge in [-0.15, -0.1) is 0 Å². The summed E-state index contributed by atoms with van der Waals surface area (Å²) in [6.07, 6.45) is 0. The van der Waals surface area contributed by atoms with Crippen LogP contribution < -0.4 is 4.74 Å². The summed E-state index contributed by atoms with van der Waals surface area (Å²) in [5, 5.41) is 9.30. The van der Waals surface area contributed by atoms with Crippen molar-refractivity contribution in [3.05, 3.63) is 84.2 Å². The first-order valence-corrected chi connectivity index (χ1v) is 8.75. The molecule has 4 rings (SSSR count). The molecule has 1 N–H and O–H groups in total. The molecule has 1 aromatic heterocycles. The number of carbonyl (C=O) groups is 1. The average molecular weight is 376 g/mol. The highest BCUT2D eigenvalue weighted by Gasteiger charge is 2.15. The number of ether oxygens (including phenoxy) is 1. The Morgan fingerprint density at radius 1 is 1.04 bits per heavy atom. The van der Waals surface area contributed by atoms with Gasteiger partial charge in [0.05, 0.1) is 11.0 Å². The van der Waals surface area contributed by atoms with Crippen molar-refractivity contribution < 1.29 is 19.0 Å². The lowest BCUT2D eigenvalue weighted by Gasteiger charge is -2.10. The summed E-state index contributed by atoms with van der Waals surface area (Å²) in [7, 11) is 0. The van der Waals surface area contributed by atoms with Gasteiger partial charge in [0.2, 0.25) is 0 Å². The first-order chi connectivity index (χ1) is 13.6. The van der Waals surface area contributed by atoms with Gasteiger partial charge in [0.1, 0.15) is 30.5 Å². The summed E-state index contributed by atoms with van der Waals surface area (Å²) >= 11 is 0. The molecule has 0 unspecified atom stereocenters. The Morgan fingerprint density at radius 3 is 2.61 bits per heavy atom. The normalized spacial score (nSPS) is 10.9. The number of carboxylic acid groups (broad SMARTS) is 1. The average Bonchev–Trinajstić information content (AvgIpc) is 3.06. The lowest BCUT2D eigenvalue weighted by Crippen LogP contribution is -2.10. The third-order valence-electron chi connectivity index (χ3n) is 4.36. The monoisotopic (exact) mass is 376 g/mol. The van der Waals surface area contributed by atoms with Gasteiger partial charge in [-0.3, -0.25) is 4.79 Å². The molecule has 0 amide bonds. The maximum Gasteiger partial charge on any atom is 0.323 e. The summed E-state index contributed by atoms with van der Waals surface area (Å²) in [6, 6.07) is 20.9. The molecule has 0 aliphatic heterocycles. The van der Waals surface area contributed by atoms with E-state index in [1.54, 1.807) is 16.7 Å². The first-order valence-electron chi connectivity index (χ1n) is 8.75. The van der Waals surface area contributed by atoms with Gasteiger partial charge in [0.25, 0.3) is 0 Å². The molecule has 28 heavy (non-hydrogen) atoms. The Kier molecular flexibility index (Phi) is 4.76. The smallest absolute Gasteiger partial charge is 0.323 e. The molecular formula is C22H17FN2O3. The molecular weight excluding hydrogens is 359 g/mol. The van der Waals surface area contributed by atoms with Gasteiger partial charge in [-0.1, -0.05) is 36.4 Å². The van der Waals surface area contributed by atoms with Crippen LogP contribution in [0.15, 0.2) is 72.8 Å². The van der Waals surface area contributed by atoms with E-state index in [9.17, 15) is 14.3 Å². The van der Waals surface area contributed by atoms with Crippen LogP contribution in [0.1, 0.15) is 5.56 Å². The van der Waals surface area contributed by atoms with Gasteiger partial charge < -0.3 is 14.4 Å². The van der Waals surface area contributed by atoms with E-state index in [1.807, 2.05) is 48.5 Å². The van der Waals surface area contributed by atoms with Crippen LogP contribution in [0.2, 0.25) is 0 Å². The molecule has 5 nitrogen and oxygen atoms in total. The second kappa shape index (κ2) is 7.52. The first kappa shape index (κ1) is 17.7.